The van der Waals surface area contributed by atoms with Crippen molar-refractivity contribution in [1.82, 2.24) is 4.90 Å². The summed E-state index contributed by atoms with van der Waals surface area (Å²) in [5.41, 5.74) is 2.44. The molecule has 0 spiro atoms. The van der Waals surface area contributed by atoms with Crippen LogP contribution in [0.2, 0.25) is 0 Å². The number of hydrogen-bond donors (Lipinski definition) is 0. The molecular weight excluding hydrogens is 328 g/mol. The smallest absolute Gasteiger partial charge is 0.235 e. The zero-order valence-corrected chi connectivity index (χ0v) is 15.1. The average molecular weight is 350 g/mol. The van der Waals surface area contributed by atoms with E-state index in [9.17, 15) is 4.79 Å². The van der Waals surface area contributed by atoms with E-state index in [1.807, 2.05) is 24.3 Å². The third kappa shape index (κ3) is 2.95. The molecule has 4 rings (SSSR count). The van der Waals surface area contributed by atoms with Gasteiger partial charge in [0.25, 0.3) is 0 Å². The largest absolute Gasteiger partial charge is 0.490 e. The highest BCUT2D eigenvalue weighted by molar-refractivity contribution is 5.82. The molecule has 0 unspecified atom stereocenters. The summed E-state index contributed by atoms with van der Waals surface area (Å²) in [4.78, 5) is 17.4. The monoisotopic (exact) mass is 350 g/mol. The summed E-state index contributed by atoms with van der Waals surface area (Å²) >= 11 is 0. The highest BCUT2D eigenvalue weighted by Gasteiger charge is 2.18. The number of fused-ring (bicyclic) bond motifs is 1. The Morgan fingerprint density at radius 2 is 1.65 bits per heavy atom. The van der Waals surface area contributed by atoms with Crippen molar-refractivity contribution in [3.8, 4) is 17.1 Å². The molecule has 2 aromatic carbocycles. The second-order valence-corrected chi connectivity index (χ2v) is 6.63. The SMILES string of the molecule is COc1c(-c2ccc(N3CCN(C)CC3)cc2)oc2ccccc2c1=O. The summed E-state index contributed by atoms with van der Waals surface area (Å²) in [5, 5.41) is 0.530. The molecule has 0 aliphatic carbocycles. The lowest BCUT2D eigenvalue weighted by atomic mass is 10.1. The number of ether oxygens (including phenoxy) is 1. The third-order valence-electron chi connectivity index (χ3n) is 4.96. The number of anilines is 1. The second-order valence-electron chi connectivity index (χ2n) is 6.63. The number of piperazine rings is 1. The normalized spacial score (nSPS) is 15.4. The molecule has 0 radical (unpaired) electrons. The minimum atomic E-state index is -0.146. The number of benzene rings is 2. The lowest BCUT2D eigenvalue weighted by Gasteiger charge is -2.34. The Balaban J connectivity index is 1.72. The van der Waals surface area contributed by atoms with Crippen molar-refractivity contribution in [3.05, 3.63) is 58.8 Å². The van der Waals surface area contributed by atoms with Crippen LogP contribution in [0.3, 0.4) is 0 Å². The van der Waals surface area contributed by atoms with Gasteiger partial charge in [0, 0.05) is 37.4 Å². The summed E-state index contributed by atoms with van der Waals surface area (Å²) in [6, 6.07) is 15.4. The Morgan fingerprint density at radius 1 is 0.962 bits per heavy atom. The van der Waals surface area contributed by atoms with Gasteiger partial charge in [-0.3, -0.25) is 4.79 Å². The van der Waals surface area contributed by atoms with Crippen LogP contribution in [-0.4, -0.2) is 45.2 Å². The van der Waals surface area contributed by atoms with E-state index in [2.05, 4.69) is 29.0 Å². The number of nitrogens with zero attached hydrogens (tertiary/aromatic N) is 2. The summed E-state index contributed by atoms with van der Waals surface area (Å²) in [7, 11) is 3.65. The van der Waals surface area contributed by atoms with Gasteiger partial charge in [-0.2, -0.15) is 0 Å². The van der Waals surface area contributed by atoms with Crippen molar-refractivity contribution in [2.45, 2.75) is 0 Å². The van der Waals surface area contributed by atoms with Gasteiger partial charge in [-0.25, -0.2) is 0 Å². The molecule has 0 N–H and O–H groups in total. The maximum atomic E-state index is 12.7. The first-order valence-electron chi connectivity index (χ1n) is 8.81. The zero-order chi connectivity index (χ0) is 18.1. The van der Waals surface area contributed by atoms with E-state index < -0.39 is 0 Å². The molecule has 26 heavy (non-hydrogen) atoms. The van der Waals surface area contributed by atoms with E-state index in [0.717, 1.165) is 31.7 Å². The van der Waals surface area contributed by atoms with Gasteiger partial charge in [-0.15, -0.1) is 0 Å². The van der Waals surface area contributed by atoms with Crippen molar-refractivity contribution < 1.29 is 9.15 Å². The lowest BCUT2D eigenvalue weighted by Crippen LogP contribution is -2.44. The van der Waals surface area contributed by atoms with E-state index in [1.54, 1.807) is 12.1 Å². The molecule has 134 valence electrons. The molecule has 0 saturated carbocycles. The van der Waals surface area contributed by atoms with Gasteiger partial charge in [0.05, 0.1) is 12.5 Å². The molecule has 1 saturated heterocycles. The molecule has 3 aromatic rings. The van der Waals surface area contributed by atoms with Crippen LogP contribution >= 0.6 is 0 Å². The van der Waals surface area contributed by atoms with Crippen molar-refractivity contribution >= 4 is 16.7 Å². The van der Waals surface area contributed by atoms with E-state index in [1.165, 1.54) is 12.8 Å². The minimum Gasteiger partial charge on any atom is -0.490 e. The van der Waals surface area contributed by atoms with Crippen LogP contribution in [0.15, 0.2) is 57.7 Å². The summed E-state index contributed by atoms with van der Waals surface area (Å²) < 4.78 is 11.4. The molecule has 0 bridgehead atoms. The summed E-state index contributed by atoms with van der Waals surface area (Å²) in [6.45, 7) is 4.17. The molecule has 0 amide bonds. The molecule has 1 aliphatic rings. The lowest BCUT2D eigenvalue weighted by molar-refractivity contribution is 0.313. The Morgan fingerprint density at radius 3 is 2.35 bits per heavy atom. The predicted molar refractivity (Wildman–Crippen MR) is 104 cm³/mol. The van der Waals surface area contributed by atoms with Gasteiger partial charge < -0.3 is 19.0 Å². The molecular formula is C21H22N2O3. The Labute approximate surface area is 152 Å². The quantitative estimate of drug-likeness (QED) is 0.726. The van der Waals surface area contributed by atoms with Gasteiger partial charge in [-0.1, -0.05) is 12.1 Å². The molecule has 0 atom stereocenters. The van der Waals surface area contributed by atoms with Crippen LogP contribution < -0.4 is 15.1 Å². The molecule has 2 heterocycles. The molecule has 1 aliphatic heterocycles. The van der Waals surface area contributed by atoms with E-state index in [-0.39, 0.29) is 11.2 Å². The summed E-state index contributed by atoms with van der Waals surface area (Å²) in [5.74, 6) is 0.720. The van der Waals surface area contributed by atoms with Crippen LogP contribution in [-0.2, 0) is 0 Å². The summed E-state index contributed by atoms with van der Waals surface area (Å²) in [6.07, 6.45) is 0. The predicted octanol–water partition coefficient (Wildman–Crippen LogP) is 3.22. The maximum absolute atomic E-state index is 12.7. The molecule has 1 fully saturated rings. The van der Waals surface area contributed by atoms with Crippen LogP contribution in [0.25, 0.3) is 22.3 Å². The highest BCUT2D eigenvalue weighted by Crippen LogP contribution is 2.32. The number of rotatable bonds is 3. The van der Waals surface area contributed by atoms with Gasteiger partial charge in [-0.05, 0) is 43.4 Å². The zero-order valence-electron chi connectivity index (χ0n) is 15.1. The second kappa shape index (κ2) is 6.84. The van der Waals surface area contributed by atoms with E-state index >= 15 is 0 Å². The van der Waals surface area contributed by atoms with Gasteiger partial charge >= 0.3 is 0 Å². The topological polar surface area (TPSA) is 45.9 Å². The first-order valence-corrected chi connectivity index (χ1v) is 8.81. The average Bonchev–Trinajstić information content (AvgIpc) is 2.69. The minimum absolute atomic E-state index is 0.146. The molecule has 5 heteroatoms. The standard InChI is InChI=1S/C21H22N2O3/c1-22-11-13-23(14-12-22)16-9-7-15(8-10-16)20-21(25-2)19(24)17-5-3-4-6-18(17)26-20/h3-10H,11-14H2,1-2H3. The Kier molecular flexibility index (Phi) is 4.39. The fraction of sp³-hybridized carbons (Fsp3) is 0.286. The Bertz CT molecular complexity index is 971. The van der Waals surface area contributed by atoms with Crippen LogP contribution in [0.1, 0.15) is 0 Å². The third-order valence-corrected chi connectivity index (χ3v) is 4.96. The van der Waals surface area contributed by atoms with Crippen LogP contribution in [0.4, 0.5) is 5.69 Å². The molecule has 1 aromatic heterocycles. The first-order chi connectivity index (χ1) is 12.7. The van der Waals surface area contributed by atoms with E-state index in [0.29, 0.717) is 16.7 Å². The number of likely N-dealkylation sites (N-methyl/N-ethyl adjacent to an activating group) is 1. The van der Waals surface area contributed by atoms with Gasteiger partial charge in [0.1, 0.15) is 5.58 Å². The van der Waals surface area contributed by atoms with Gasteiger partial charge in [0.15, 0.2) is 5.76 Å². The van der Waals surface area contributed by atoms with E-state index in [4.69, 9.17) is 9.15 Å². The fourth-order valence-electron chi connectivity index (χ4n) is 3.39. The number of methoxy groups -OCH3 is 1. The van der Waals surface area contributed by atoms with Crippen LogP contribution in [0.5, 0.6) is 5.75 Å². The maximum Gasteiger partial charge on any atom is 0.235 e. The fourth-order valence-corrected chi connectivity index (χ4v) is 3.39. The Hall–Kier alpha value is -2.79. The first kappa shape index (κ1) is 16.7. The van der Waals surface area contributed by atoms with Crippen LogP contribution in [0, 0.1) is 0 Å². The van der Waals surface area contributed by atoms with Crippen molar-refractivity contribution in [1.29, 1.82) is 0 Å². The van der Waals surface area contributed by atoms with Crippen molar-refractivity contribution in [3.63, 3.8) is 0 Å². The number of hydrogen-bond acceptors (Lipinski definition) is 5. The number of para-hydroxylation sites is 1. The van der Waals surface area contributed by atoms with Crippen molar-refractivity contribution in [2.75, 3.05) is 45.2 Å². The molecule has 5 nitrogen and oxygen atoms in total. The van der Waals surface area contributed by atoms with Gasteiger partial charge in [0.2, 0.25) is 11.2 Å². The van der Waals surface area contributed by atoms with Crippen molar-refractivity contribution in [2.24, 2.45) is 0 Å². The highest BCUT2D eigenvalue weighted by atomic mass is 16.5.